The minimum Gasteiger partial charge on any atom is -0.300 e. The molecule has 0 bridgehead atoms. The number of thiophene rings is 1. The monoisotopic (exact) mass is 280 g/mol. The Morgan fingerprint density at radius 2 is 2.05 bits per heavy atom. The zero-order valence-corrected chi connectivity index (χ0v) is 12.9. The van der Waals surface area contributed by atoms with E-state index in [1.807, 2.05) is 17.5 Å². The van der Waals surface area contributed by atoms with Gasteiger partial charge >= 0.3 is 0 Å². The van der Waals surface area contributed by atoms with Gasteiger partial charge in [0.2, 0.25) is 0 Å². The molecule has 0 aliphatic carbocycles. The van der Waals surface area contributed by atoms with Crippen molar-refractivity contribution in [1.82, 2.24) is 9.80 Å². The Labute approximate surface area is 120 Å². The van der Waals surface area contributed by atoms with Gasteiger partial charge < -0.3 is 4.90 Å². The molecule has 0 amide bonds. The summed E-state index contributed by atoms with van der Waals surface area (Å²) in [5, 5.41) is 1.97. The summed E-state index contributed by atoms with van der Waals surface area (Å²) < 4.78 is 0. The number of nitrogens with zero attached hydrogens (tertiary/aromatic N) is 2. The average molecular weight is 280 g/mol. The summed E-state index contributed by atoms with van der Waals surface area (Å²) in [5.74, 6) is 0.297. The van der Waals surface area contributed by atoms with Gasteiger partial charge in [-0.3, -0.25) is 9.69 Å². The second-order valence-corrected chi connectivity index (χ2v) is 6.57. The first-order chi connectivity index (χ1) is 9.08. The Morgan fingerprint density at radius 1 is 1.37 bits per heavy atom. The topological polar surface area (TPSA) is 23.6 Å². The van der Waals surface area contributed by atoms with E-state index < -0.39 is 0 Å². The van der Waals surface area contributed by atoms with Gasteiger partial charge in [-0.25, -0.2) is 0 Å². The maximum atomic E-state index is 11.9. The van der Waals surface area contributed by atoms with Crippen LogP contribution in [0, 0.1) is 0 Å². The molecule has 2 unspecified atom stereocenters. The highest BCUT2D eigenvalue weighted by atomic mass is 32.1. The molecule has 0 aromatic carbocycles. The van der Waals surface area contributed by atoms with E-state index in [1.54, 1.807) is 11.3 Å². The zero-order valence-electron chi connectivity index (χ0n) is 12.1. The molecule has 0 N–H and O–H groups in total. The van der Waals surface area contributed by atoms with Crippen LogP contribution in [0.5, 0.6) is 0 Å². The smallest absolute Gasteiger partial charge is 0.172 e. The summed E-state index contributed by atoms with van der Waals surface area (Å²) >= 11 is 1.55. The number of rotatable bonds is 5. The van der Waals surface area contributed by atoms with Crippen LogP contribution in [0.15, 0.2) is 17.5 Å². The number of hydrogen-bond donors (Lipinski definition) is 0. The number of hydrogen-bond acceptors (Lipinski definition) is 4. The Kier molecular flexibility index (Phi) is 5.13. The Bertz CT molecular complexity index is 392. The standard InChI is InChI=1S/C15H24N2OS/c1-12-10-17(11-13(2)16(12)3)8-4-6-14(18)15-7-5-9-19-15/h5,7,9,12-13H,4,6,8,10-11H2,1-3H3. The van der Waals surface area contributed by atoms with Crippen LogP contribution < -0.4 is 0 Å². The van der Waals surface area contributed by atoms with Crippen molar-refractivity contribution in [3.63, 3.8) is 0 Å². The molecule has 106 valence electrons. The van der Waals surface area contributed by atoms with Gasteiger partial charge in [-0.1, -0.05) is 6.07 Å². The van der Waals surface area contributed by atoms with Gasteiger partial charge in [0, 0.05) is 31.6 Å². The van der Waals surface area contributed by atoms with Crippen LogP contribution in [0.3, 0.4) is 0 Å². The number of carbonyl (C=O) groups is 1. The highest BCUT2D eigenvalue weighted by Crippen LogP contribution is 2.15. The summed E-state index contributed by atoms with van der Waals surface area (Å²) in [6.45, 7) is 7.83. The van der Waals surface area contributed by atoms with Crippen molar-refractivity contribution in [2.75, 3.05) is 26.7 Å². The molecule has 1 aliphatic heterocycles. The fourth-order valence-corrected chi connectivity index (χ4v) is 3.41. The lowest BCUT2D eigenvalue weighted by Crippen LogP contribution is -2.54. The fraction of sp³-hybridized carbons (Fsp3) is 0.667. The molecule has 1 aliphatic rings. The highest BCUT2D eigenvalue weighted by Gasteiger charge is 2.25. The van der Waals surface area contributed by atoms with Gasteiger partial charge in [0.1, 0.15) is 0 Å². The molecule has 3 nitrogen and oxygen atoms in total. The Balaban J connectivity index is 1.73. The third kappa shape index (κ3) is 3.88. The van der Waals surface area contributed by atoms with Crippen molar-refractivity contribution >= 4 is 17.1 Å². The molecule has 2 atom stereocenters. The lowest BCUT2D eigenvalue weighted by molar-refractivity contribution is 0.0587. The molecule has 2 heterocycles. The third-order valence-electron chi connectivity index (χ3n) is 4.11. The molecule has 1 aromatic rings. The molecule has 0 spiro atoms. The minimum absolute atomic E-state index is 0.297. The summed E-state index contributed by atoms with van der Waals surface area (Å²) in [4.78, 5) is 17.7. The minimum atomic E-state index is 0.297. The number of piperazine rings is 1. The first-order valence-electron chi connectivity index (χ1n) is 7.09. The molecule has 0 saturated carbocycles. The maximum Gasteiger partial charge on any atom is 0.172 e. The van der Waals surface area contributed by atoms with Crippen molar-refractivity contribution in [3.05, 3.63) is 22.4 Å². The molecular weight excluding hydrogens is 256 g/mol. The number of ketones is 1. The lowest BCUT2D eigenvalue weighted by Gasteiger charge is -2.42. The van der Waals surface area contributed by atoms with Gasteiger partial charge in [-0.05, 0) is 45.3 Å². The summed E-state index contributed by atoms with van der Waals surface area (Å²) in [5.41, 5.74) is 0. The van der Waals surface area contributed by atoms with E-state index in [-0.39, 0.29) is 0 Å². The van der Waals surface area contributed by atoms with Crippen molar-refractivity contribution < 1.29 is 4.79 Å². The predicted octanol–water partition coefficient (Wildman–Crippen LogP) is 2.74. The van der Waals surface area contributed by atoms with E-state index in [1.165, 1.54) is 0 Å². The lowest BCUT2D eigenvalue weighted by atomic mass is 10.1. The molecule has 0 radical (unpaired) electrons. The van der Waals surface area contributed by atoms with Gasteiger partial charge in [0.15, 0.2) is 5.78 Å². The van der Waals surface area contributed by atoms with Crippen molar-refractivity contribution in [1.29, 1.82) is 0 Å². The van der Waals surface area contributed by atoms with Crippen LogP contribution in [0.2, 0.25) is 0 Å². The third-order valence-corrected chi connectivity index (χ3v) is 5.02. The quantitative estimate of drug-likeness (QED) is 0.775. The Morgan fingerprint density at radius 3 is 2.63 bits per heavy atom. The van der Waals surface area contributed by atoms with E-state index in [2.05, 4.69) is 30.7 Å². The van der Waals surface area contributed by atoms with E-state index in [0.717, 1.165) is 30.9 Å². The van der Waals surface area contributed by atoms with Crippen LogP contribution in [0.25, 0.3) is 0 Å². The summed E-state index contributed by atoms with van der Waals surface area (Å²) in [6.07, 6.45) is 1.65. The van der Waals surface area contributed by atoms with E-state index in [9.17, 15) is 4.79 Å². The predicted molar refractivity (Wildman–Crippen MR) is 81.0 cm³/mol. The molecule has 1 aromatic heterocycles. The molecule has 1 fully saturated rings. The van der Waals surface area contributed by atoms with Crippen LogP contribution in [-0.4, -0.2) is 54.3 Å². The zero-order chi connectivity index (χ0) is 13.8. The summed E-state index contributed by atoms with van der Waals surface area (Å²) in [7, 11) is 2.20. The molecule has 1 saturated heterocycles. The van der Waals surface area contributed by atoms with E-state index in [0.29, 0.717) is 24.3 Å². The molecular formula is C15H24N2OS. The SMILES string of the molecule is CC1CN(CCCC(=O)c2cccs2)CC(C)N1C. The number of likely N-dealkylation sites (N-methyl/N-ethyl adjacent to an activating group) is 1. The van der Waals surface area contributed by atoms with Crippen LogP contribution >= 0.6 is 11.3 Å². The summed E-state index contributed by atoms with van der Waals surface area (Å²) in [6, 6.07) is 5.09. The van der Waals surface area contributed by atoms with E-state index in [4.69, 9.17) is 0 Å². The largest absolute Gasteiger partial charge is 0.300 e. The molecule has 2 rings (SSSR count). The molecule has 4 heteroatoms. The van der Waals surface area contributed by atoms with Crippen molar-refractivity contribution in [2.24, 2.45) is 0 Å². The Hall–Kier alpha value is -0.710. The van der Waals surface area contributed by atoms with Gasteiger partial charge in [-0.2, -0.15) is 0 Å². The molecule has 19 heavy (non-hydrogen) atoms. The van der Waals surface area contributed by atoms with E-state index >= 15 is 0 Å². The number of Topliss-reactive ketones (excluding diaryl/α,β-unsaturated/α-hetero) is 1. The number of carbonyl (C=O) groups excluding carboxylic acids is 1. The first-order valence-corrected chi connectivity index (χ1v) is 7.97. The van der Waals surface area contributed by atoms with Crippen molar-refractivity contribution in [3.8, 4) is 0 Å². The van der Waals surface area contributed by atoms with Gasteiger partial charge in [0.05, 0.1) is 4.88 Å². The maximum absolute atomic E-state index is 11.9. The second-order valence-electron chi connectivity index (χ2n) is 5.63. The highest BCUT2D eigenvalue weighted by molar-refractivity contribution is 7.12. The van der Waals surface area contributed by atoms with Crippen LogP contribution in [-0.2, 0) is 0 Å². The van der Waals surface area contributed by atoms with Crippen LogP contribution in [0.1, 0.15) is 36.4 Å². The first kappa shape index (κ1) is 14.7. The second kappa shape index (κ2) is 6.64. The van der Waals surface area contributed by atoms with Crippen LogP contribution in [0.4, 0.5) is 0 Å². The van der Waals surface area contributed by atoms with Gasteiger partial charge in [0.25, 0.3) is 0 Å². The normalized spacial score (nSPS) is 25.6. The van der Waals surface area contributed by atoms with Gasteiger partial charge in [-0.15, -0.1) is 11.3 Å². The van der Waals surface area contributed by atoms with Crippen molar-refractivity contribution in [2.45, 2.75) is 38.8 Å². The fourth-order valence-electron chi connectivity index (χ4n) is 2.72. The average Bonchev–Trinajstić information content (AvgIpc) is 2.89.